The molecule has 7 heteroatoms. The van der Waals surface area contributed by atoms with Gasteiger partial charge in [-0.3, -0.25) is 4.79 Å². The zero-order valence-corrected chi connectivity index (χ0v) is 14.7. The van der Waals surface area contributed by atoms with Gasteiger partial charge in [0.25, 0.3) is 5.91 Å². The second-order valence-electron chi connectivity index (χ2n) is 4.61. The molecule has 1 aromatic carbocycles. The van der Waals surface area contributed by atoms with Crippen LogP contribution in [0.3, 0.4) is 0 Å². The highest BCUT2D eigenvalue weighted by atomic mass is 35.5. The molecule has 2 heterocycles. The number of thiazole rings is 1. The summed E-state index contributed by atoms with van der Waals surface area (Å²) in [6.45, 7) is 4.32. The van der Waals surface area contributed by atoms with Gasteiger partial charge >= 0.3 is 0 Å². The monoisotopic (exact) mass is 364 g/mol. The number of amides is 1. The lowest BCUT2D eigenvalue weighted by Crippen LogP contribution is -2.16. The maximum Gasteiger partial charge on any atom is 0.289 e. The molecule has 0 atom stereocenters. The van der Waals surface area contributed by atoms with Crippen molar-refractivity contribution in [2.45, 2.75) is 6.54 Å². The van der Waals surface area contributed by atoms with E-state index in [-0.39, 0.29) is 5.91 Å². The lowest BCUT2D eigenvalue weighted by atomic mass is 10.3. The maximum absolute atomic E-state index is 12.3. The molecule has 0 spiro atoms. The van der Waals surface area contributed by atoms with Gasteiger partial charge in [0.15, 0.2) is 4.80 Å². The molecule has 0 saturated heterocycles. The lowest BCUT2D eigenvalue weighted by Gasteiger charge is -2.05. The number of aromatic nitrogens is 1. The molecule has 0 N–H and O–H groups in total. The Labute approximate surface area is 145 Å². The highest BCUT2D eigenvalue weighted by Gasteiger charge is 2.13. The van der Waals surface area contributed by atoms with Crippen molar-refractivity contribution in [1.82, 2.24) is 4.57 Å². The Morgan fingerprint density at radius 2 is 2.22 bits per heavy atom. The average Bonchev–Trinajstić information content (AvgIpc) is 3.12. The van der Waals surface area contributed by atoms with Crippen LogP contribution in [0, 0.1) is 0 Å². The van der Waals surface area contributed by atoms with E-state index in [1.54, 1.807) is 25.3 Å². The minimum absolute atomic E-state index is 0.301. The van der Waals surface area contributed by atoms with E-state index in [1.165, 1.54) is 22.7 Å². The normalized spacial score (nSPS) is 11.8. The fraction of sp³-hybridized carbons (Fsp3) is 0.125. The van der Waals surface area contributed by atoms with Crippen molar-refractivity contribution in [2.75, 3.05) is 7.11 Å². The molecule has 0 aliphatic rings. The molecule has 0 fully saturated rings. The van der Waals surface area contributed by atoms with Gasteiger partial charge in [0, 0.05) is 6.54 Å². The molecule has 4 nitrogen and oxygen atoms in total. The van der Waals surface area contributed by atoms with E-state index in [4.69, 9.17) is 16.3 Å². The number of hydrogen-bond acceptors (Lipinski definition) is 4. The first-order chi connectivity index (χ1) is 11.1. The van der Waals surface area contributed by atoms with Crippen molar-refractivity contribution < 1.29 is 9.53 Å². The fourth-order valence-electron chi connectivity index (χ4n) is 2.22. The van der Waals surface area contributed by atoms with Gasteiger partial charge in [-0.25, -0.2) is 0 Å². The standard InChI is InChI=1S/C16H13ClN2O2S2/c1-3-9-19-14-10(21-2)5-4-6-11(14)23-16(19)18-15(20)12-7-8-13(17)22-12/h3-8H,1,9H2,2H3. The zero-order chi connectivity index (χ0) is 16.4. The van der Waals surface area contributed by atoms with Crippen LogP contribution in [0.25, 0.3) is 10.2 Å². The SMILES string of the molecule is C=CCn1c(=NC(=O)c2ccc(Cl)s2)sc2cccc(OC)c21. The number of fused-ring (bicyclic) bond motifs is 1. The van der Waals surface area contributed by atoms with Crippen molar-refractivity contribution in [3.8, 4) is 5.75 Å². The lowest BCUT2D eigenvalue weighted by molar-refractivity contribution is 0.100. The first-order valence-electron chi connectivity index (χ1n) is 6.75. The van der Waals surface area contributed by atoms with Crippen LogP contribution >= 0.6 is 34.3 Å². The number of hydrogen-bond donors (Lipinski definition) is 0. The van der Waals surface area contributed by atoms with Crippen LogP contribution < -0.4 is 9.54 Å². The largest absolute Gasteiger partial charge is 0.495 e. The van der Waals surface area contributed by atoms with E-state index in [9.17, 15) is 4.79 Å². The third-order valence-electron chi connectivity index (χ3n) is 3.18. The molecule has 0 bridgehead atoms. The Morgan fingerprint density at radius 1 is 1.39 bits per heavy atom. The molecule has 23 heavy (non-hydrogen) atoms. The molecule has 0 saturated carbocycles. The number of allylic oxidation sites excluding steroid dienone is 1. The number of carbonyl (C=O) groups is 1. The van der Waals surface area contributed by atoms with Gasteiger partial charge in [-0.15, -0.1) is 17.9 Å². The highest BCUT2D eigenvalue weighted by molar-refractivity contribution is 7.18. The summed E-state index contributed by atoms with van der Waals surface area (Å²) >= 11 is 8.55. The smallest absolute Gasteiger partial charge is 0.289 e. The molecule has 0 unspecified atom stereocenters. The Kier molecular flexibility index (Phi) is 4.66. The van der Waals surface area contributed by atoms with Crippen LogP contribution in [-0.4, -0.2) is 17.6 Å². The molecule has 118 valence electrons. The van der Waals surface area contributed by atoms with Crippen LogP contribution in [0.5, 0.6) is 5.75 Å². The van der Waals surface area contributed by atoms with Crippen LogP contribution in [-0.2, 0) is 6.54 Å². The zero-order valence-electron chi connectivity index (χ0n) is 12.3. The van der Waals surface area contributed by atoms with Crippen molar-refractivity contribution in [3.63, 3.8) is 0 Å². The summed E-state index contributed by atoms with van der Waals surface area (Å²) in [4.78, 5) is 17.7. The van der Waals surface area contributed by atoms with Crippen molar-refractivity contribution in [3.05, 3.63) is 57.0 Å². The van der Waals surface area contributed by atoms with Gasteiger partial charge < -0.3 is 9.30 Å². The minimum atomic E-state index is -0.301. The van der Waals surface area contributed by atoms with Crippen molar-refractivity contribution in [2.24, 2.45) is 4.99 Å². The number of thiophene rings is 1. The van der Waals surface area contributed by atoms with E-state index in [1.807, 2.05) is 22.8 Å². The Balaban J connectivity index is 2.20. The van der Waals surface area contributed by atoms with Gasteiger partial charge in [-0.2, -0.15) is 4.99 Å². The summed E-state index contributed by atoms with van der Waals surface area (Å²) in [6.07, 6.45) is 1.77. The second-order valence-corrected chi connectivity index (χ2v) is 7.34. The number of nitrogens with zero attached hydrogens (tertiary/aromatic N) is 2. The summed E-state index contributed by atoms with van der Waals surface area (Å²) in [5.41, 5.74) is 0.913. The van der Waals surface area contributed by atoms with E-state index in [0.29, 0.717) is 20.6 Å². The van der Waals surface area contributed by atoms with E-state index >= 15 is 0 Å². The molecule has 2 aromatic heterocycles. The third-order valence-corrected chi connectivity index (χ3v) is 5.44. The molecule has 0 radical (unpaired) electrons. The van der Waals surface area contributed by atoms with E-state index in [2.05, 4.69) is 11.6 Å². The predicted molar refractivity (Wildman–Crippen MR) is 95.8 cm³/mol. The van der Waals surface area contributed by atoms with Gasteiger partial charge in [0.05, 0.1) is 21.0 Å². The first kappa shape index (κ1) is 16.0. The van der Waals surface area contributed by atoms with E-state index < -0.39 is 0 Å². The van der Waals surface area contributed by atoms with Crippen LogP contribution in [0.15, 0.2) is 48.0 Å². The fourth-order valence-corrected chi connectivity index (χ4v) is 4.20. The topological polar surface area (TPSA) is 43.6 Å². The molecule has 3 aromatic rings. The Morgan fingerprint density at radius 3 is 2.87 bits per heavy atom. The number of methoxy groups -OCH3 is 1. The van der Waals surface area contributed by atoms with Gasteiger partial charge in [-0.1, -0.05) is 35.1 Å². The summed E-state index contributed by atoms with van der Waals surface area (Å²) in [5, 5.41) is 0. The maximum atomic E-state index is 12.3. The molecule has 3 rings (SSSR count). The quantitative estimate of drug-likeness (QED) is 0.646. The van der Waals surface area contributed by atoms with E-state index in [0.717, 1.165) is 16.0 Å². The summed E-state index contributed by atoms with van der Waals surface area (Å²) in [6, 6.07) is 9.17. The van der Waals surface area contributed by atoms with Crippen LogP contribution in [0.4, 0.5) is 0 Å². The Bertz CT molecular complexity index is 953. The second kappa shape index (κ2) is 6.70. The van der Waals surface area contributed by atoms with Crippen molar-refractivity contribution >= 4 is 50.4 Å². The number of ether oxygens (including phenoxy) is 1. The number of carbonyl (C=O) groups excluding carboxylic acids is 1. The first-order valence-corrected chi connectivity index (χ1v) is 8.76. The van der Waals surface area contributed by atoms with Crippen molar-refractivity contribution in [1.29, 1.82) is 0 Å². The van der Waals surface area contributed by atoms with Gasteiger partial charge in [0.1, 0.15) is 11.3 Å². The number of para-hydroxylation sites is 1. The molecule has 0 aliphatic heterocycles. The minimum Gasteiger partial charge on any atom is -0.495 e. The number of rotatable bonds is 4. The molecular formula is C16H13ClN2O2S2. The third kappa shape index (κ3) is 3.10. The summed E-state index contributed by atoms with van der Waals surface area (Å²) < 4.78 is 8.93. The molecule has 1 amide bonds. The Hall–Kier alpha value is -1.89. The number of halogens is 1. The summed E-state index contributed by atoms with van der Waals surface area (Å²) in [7, 11) is 1.63. The van der Waals surface area contributed by atoms with Crippen LogP contribution in [0.2, 0.25) is 4.34 Å². The molecule has 0 aliphatic carbocycles. The predicted octanol–water partition coefficient (Wildman–Crippen LogP) is 4.35. The highest BCUT2D eigenvalue weighted by Crippen LogP contribution is 2.27. The molecular weight excluding hydrogens is 352 g/mol. The van der Waals surface area contributed by atoms with Crippen LogP contribution in [0.1, 0.15) is 9.67 Å². The number of benzene rings is 1. The summed E-state index contributed by atoms with van der Waals surface area (Å²) in [5.74, 6) is 0.443. The average molecular weight is 365 g/mol. The van der Waals surface area contributed by atoms with Gasteiger partial charge in [0.2, 0.25) is 0 Å². The van der Waals surface area contributed by atoms with Gasteiger partial charge in [-0.05, 0) is 24.3 Å².